The zero-order chi connectivity index (χ0) is 17.6. The van der Waals surface area contributed by atoms with Crippen LogP contribution < -0.4 is 10.5 Å². The molecule has 0 saturated carbocycles. The number of rotatable bonds is 8. The first-order valence-electron chi connectivity index (χ1n) is 7.26. The molecule has 1 aromatic heterocycles. The lowest BCUT2D eigenvalue weighted by molar-refractivity contribution is -0.136. The van der Waals surface area contributed by atoms with Crippen molar-refractivity contribution in [2.45, 2.75) is 25.6 Å². The van der Waals surface area contributed by atoms with Crippen LogP contribution in [-0.4, -0.2) is 34.6 Å². The van der Waals surface area contributed by atoms with Crippen molar-refractivity contribution >= 4 is 11.8 Å². The van der Waals surface area contributed by atoms with Crippen LogP contribution in [0.15, 0.2) is 33.5 Å². The van der Waals surface area contributed by atoms with Gasteiger partial charge in [0.1, 0.15) is 5.75 Å². The van der Waals surface area contributed by atoms with Gasteiger partial charge in [-0.15, -0.1) is 5.10 Å². The molecule has 0 saturated heterocycles. The smallest absolute Gasteiger partial charge is 0.437 e. The Morgan fingerprint density at radius 1 is 1.29 bits per heavy atom. The molecule has 5 nitrogen and oxygen atoms in total. The second kappa shape index (κ2) is 8.27. The summed E-state index contributed by atoms with van der Waals surface area (Å²) in [4.78, 5) is 11.6. The van der Waals surface area contributed by atoms with Gasteiger partial charge in [0.15, 0.2) is 0 Å². The predicted octanol–water partition coefficient (Wildman–Crippen LogP) is 3.59. The largest absolute Gasteiger partial charge is 0.494 e. The number of ether oxygens (including phenoxy) is 1. The van der Waals surface area contributed by atoms with E-state index >= 15 is 0 Å². The first-order chi connectivity index (χ1) is 11.4. The number of hydrogen-bond acceptors (Lipinski definition) is 5. The summed E-state index contributed by atoms with van der Waals surface area (Å²) in [6.45, 7) is 0.446. The van der Waals surface area contributed by atoms with E-state index in [0.717, 1.165) is 5.75 Å². The maximum atomic E-state index is 12.0. The minimum atomic E-state index is -4.17. The van der Waals surface area contributed by atoms with E-state index in [9.17, 15) is 18.0 Å². The Morgan fingerprint density at radius 3 is 2.62 bits per heavy atom. The van der Waals surface area contributed by atoms with Crippen molar-refractivity contribution in [3.05, 3.63) is 34.8 Å². The molecule has 0 radical (unpaired) electrons. The normalized spacial score (nSPS) is 11.7. The van der Waals surface area contributed by atoms with Gasteiger partial charge in [-0.1, -0.05) is 0 Å². The number of hydrogen-bond donors (Lipinski definition) is 0. The second-order valence-electron chi connectivity index (χ2n) is 4.98. The molecule has 0 N–H and O–H groups in total. The van der Waals surface area contributed by atoms with Crippen LogP contribution in [0.1, 0.15) is 12.8 Å². The van der Waals surface area contributed by atoms with Crippen LogP contribution in [0.25, 0.3) is 11.5 Å². The minimum absolute atomic E-state index is 0.0166. The van der Waals surface area contributed by atoms with Crippen molar-refractivity contribution in [1.29, 1.82) is 0 Å². The summed E-state index contributed by atoms with van der Waals surface area (Å²) in [7, 11) is 0. The second-order valence-corrected chi connectivity index (χ2v) is 5.97. The van der Waals surface area contributed by atoms with E-state index < -0.39 is 18.4 Å². The first-order valence-corrected chi connectivity index (χ1v) is 8.65. The summed E-state index contributed by atoms with van der Waals surface area (Å²) in [5, 5.41) is 4.11. The highest BCUT2D eigenvalue weighted by Crippen LogP contribution is 2.23. The Labute approximate surface area is 140 Å². The van der Waals surface area contributed by atoms with Crippen molar-refractivity contribution in [3.8, 4) is 17.2 Å². The van der Waals surface area contributed by atoms with E-state index in [1.165, 1.54) is 4.68 Å². The molecule has 9 heteroatoms. The van der Waals surface area contributed by atoms with E-state index in [1.54, 1.807) is 36.0 Å². The van der Waals surface area contributed by atoms with Gasteiger partial charge in [-0.05, 0) is 36.9 Å². The summed E-state index contributed by atoms with van der Waals surface area (Å²) < 4.78 is 47.7. The Morgan fingerprint density at radius 2 is 2.00 bits per heavy atom. The van der Waals surface area contributed by atoms with Gasteiger partial charge in [-0.25, -0.2) is 4.79 Å². The molecule has 0 bridgehead atoms. The van der Waals surface area contributed by atoms with Crippen LogP contribution in [0, 0.1) is 0 Å². The molecular formula is C15H17F3N2O3S. The van der Waals surface area contributed by atoms with E-state index in [1.807, 2.05) is 6.26 Å². The van der Waals surface area contributed by atoms with Crippen LogP contribution in [0.2, 0.25) is 0 Å². The maximum absolute atomic E-state index is 12.0. The quantitative estimate of drug-likeness (QED) is 0.672. The highest BCUT2D eigenvalue weighted by molar-refractivity contribution is 7.98. The first kappa shape index (κ1) is 18.4. The number of nitrogens with zero attached hydrogens (tertiary/aromatic N) is 2. The Balaban J connectivity index is 1.93. The lowest BCUT2D eigenvalue weighted by Gasteiger charge is -2.08. The predicted molar refractivity (Wildman–Crippen MR) is 85.4 cm³/mol. The van der Waals surface area contributed by atoms with Crippen LogP contribution in [0.5, 0.6) is 5.75 Å². The summed E-state index contributed by atoms with van der Waals surface area (Å²) in [5.41, 5.74) is 0.595. The lowest BCUT2D eigenvalue weighted by atomic mass is 10.2. The van der Waals surface area contributed by atoms with Crippen LogP contribution in [0.3, 0.4) is 0 Å². The molecule has 2 rings (SSSR count). The molecule has 132 valence electrons. The molecule has 0 aliphatic heterocycles. The topological polar surface area (TPSA) is 57.3 Å². The van der Waals surface area contributed by atoms with Crippen molar-refractivity contribution in [2.24, 2.45) is 0 Å². The monoisotopic (exact) mass is 362 g/mol. The molecule has 0 atom stereocenters. The van der Waals surface area contributed by atoms with Gasteiger partial charge in [0.25, 0.3) is 0 Å². The highest BCUT2D eigenvalue weighted by Gasteiger charge is 2.26. The van der Waals surface area contributed by atoms with Crippen LogP contribution >= 0.6 is 11.8 Å². The van der Waals surface area contributed by atoms with E-state index in [0.29, 0.717) is 17.9 Å². The number of thioether (sulfide) groups is 1. The van der Waals surface area contributed by atoms with Gasteiger partial charge in [-0.2, -0.15) is 29.6 Å². The Bertz CT molecular complexity index is 695. The van der Waals surface area contributed by atoms with Crippen LogP contribution in [-0.2, 0) is 6.54 Å². The molecule has 2 aromatic rings. The molecule has 1 aromatic carbocycles. The highest BCUT2D eigenvalue weighted by atomic mass is 32.2. The third kappa shape index (κ3) is 5.63. The summed E-state index contributed by atoms with van der Waals surface area (Å²) in [5.74, 6) is 0.873. The molecule has 0 spiro atoms. The van der Waals surface area contributed by atoms with Gasteiger partial charge in [-0.3, -0.25) is 0 Å². The van der Waals surface area contributed by atoms with Gasteiger partial charge >= 0.3 is 11.9 Å². The Kier molecular flexibility index (Phi) is 6.36. The molecule has 0 amide bonds. The zero-order valence-electron chi connectivity index (χ0n) is 13.0. The molecule has 0 aliphatic rings. The van der Waals surface area contributed by atoms with Gasteiger partial charge in [0.2, 0.25) is 5.89 Å². The standard InChI is InChI=1S/C15H17F3N2O3S/c1-24-10-8-20-14(21)23-13(19-20)11-3-5-12(6-4-11)22-9-2-7-15(16,17)18/h3-6H,2,7-10H2,1H3. The fourth-order valence-corrected chi connectivity index (χ4v) is 2.25. The zero-order valence-corrected chi connectivity index (χ0v) is 13.8. The Hall–Kier alpha value is -1.90. The van der Waals surface area contributed by atoms with Gasteiger partial charge < -0.3 is 9.15 Å². The molecule has 1 heterocycles. The number of halogens is 3. The minimum Gasteiger partial charge on any atom is -0.494 e. The maximum Gasteiger partial charge on any atom is 0.437 e. The van der Waals surface area contributed by atoms with Gasteiger partial charge in [0.05, 0.1) is 13.2 Å². The number of aromatic nitrogens is 2. The number of aryl methyl sites for hydroxylation is 1. The van der Waals surface area contributed by atoms with Crippen LogP contribution in [0.4, 0.5) is 13.2 Å². The summed E-state index contributed by atoms with van der Waals surface area (Å²) in [6.07, 6.45) is -3.21. The fourth-order valence-electron chi connectivity index (χ4n) is 1.90. The van der Waals surface area contributed by atoms with Crippen molar-refractivity contribution in [2.75, 3.05) is 18.6 Å². The molecule has 0 aliphatic carbocycles. The SMILES string of the molecule is CSCCn1nc(-c2ccc(OCCCC(F)(F)F)cc2)oc1=O. The summed E-state index contributed by atoms with van der Waals surface area (Å²) >= 11 is 1.59. The average molecular weight is 362 g/mol. The molecular weight excluding hydrogens is 345 g/mol. The average Bonchev–Trinajstić information content (AvgIpc) is 2.90. The van der Waals surface area contributed by atoms with Crippen molar-refractivity contribution in [3.63, 3.8) is 0 Å². The molecule has 24 heavy (non-hydrogen) atoms. The number of benzene rings is 1. The molecule has 0 unspecified atom stereocenters. The van der Waals surface area contributed by atoms with E-state index in [4.69, 9.17) is 9.15 Å². The third-order valence-electron chi connectivity index (χ3n) is 3.09. The van der Waals surface area contributed by atoms with Crippen molar-refractivity contribution in [1.82, 2.24) is 9.78 Å². The summed E-state index contributed by atoms with van der Waals surface area (Å²) in [6, 6.07) is 6.49. The van der Waals surface area contributed by atoms with Crippen molar-refractivity contribution < 1.29 is 22.3 Å². The lowest BCUT2D eigenvalue weighted by Crippen LogP contribution is -2.16. The van der Waals surface area contributed by atoms with E-state index in [2.05, 4.69) is 5.10 Å². The number of alkyl halides is 3. The fraction of sp³-hybridized carbons (Fsp3) is 0.467. The molecule has 0 fully saturated rings. The van der Waals surface area contributed by atoms with Gasteiger partial charge in [0, 0.05) is 17.7 Å². The third-order valence-corrected chi connectivity index (χ3v) is 3.68. The van der Waals surface area contributed by atoms with E-state index in [-0.39, 0.29) is 18.9 Å².